The summed E-state index contributed by atoms with van der Waals surface area (Å²) >= 11 is 0. The Labute approximate surface area is 189 Å². The number of H-pyrrole nitrogens is 1. The Morgan fingerprint density at radius 1 is 1.00 bits per heavy atom. The Morgan fingerprint density at radius 2 is 1.79 bits per heavy atom. The van der Waals surface area contributed by atoms with Crippen LogP contribution < -0.4 is 15.7 Å². The van der Waals surface area contributed by atoms with E-state index in [1.54, 1.807) is 24.3 Å². The van der Waals surface area contributed by atoms with E-state index in [9.17, 15) is 9.59 Å². The van der Waals surface area contributed by atoms with E-state index in [-0.39, 0.29) is 18.6 Å². The molecule has 0 fully saturated rings. The van der Waals surface area contributed by atoms with Gasteiger partial charge in [-0.1, -0.05) is 42.5 Å². The molecule has 0 aliphatic carbocycles. The third kappa shape index (κ3) is 4.77. The molecule has 0 saturated carbocycles. The van der Waals surface area contributed by atoms with Crippen LogP contribution in [0.5, 0.6) is 5.75 Å². The molecule has 33 heavy (non-hydrogen) atoms. The van der Waals surface area contributed by atoms with Gasteiger partial charge in [0.1, 0.15) is 17.2 Å². The van der Waals surface area contributed by atoms with Crippen LogP contribution in [0.3, 0.4) is 0 Å². The largest absolute Gasteiger partial charge is 0.484 e. The van der Waals surface area contributed by atoms with Crippen molar-refractivity contribution < 1.29 is 13.9 Å². The van der Waals surface area contributed by atoms with Crippen LogP contribution in [0.1, 0.15) is 17.4 Å². The lowest BCUT2D eigenvalue weighted by Crippen LogP contribution is -2.34. The molecular formula is C26H21N3O4. The summed E-state index contributed by atoms with van der Waals surface area (Å²) in [6.07, 6.45) is 0.577. The van der Waals surface area contributed by atoms with Gasteiger partial charge in [-0.2, -0.15) is 0 Å². The van der Waals surface area contributed by atoms with E-state index < -0.39 is 5.63 Å². The minimum atomic E-state index is -0.438. The van der Waals surface area contributed by atoms with Crippen LogP contribution in [-0.4, -0.2) is 22.5 Å². The van der Waals surface area contributed by atoms with Gasteiger partial charge >= 0.3 is 5.63 Å². The van der Waals surface area contributed by atoms with E-state index >= 15 is 0 Å². The van der Waals surface area contributed by atoms with Crippen LogP contribution in [0.15, 0.2) is 94.1 Å². The number of benzene rings is 3. The monoisotopic (exact) mass is 439 g/mol. The number of carbonyl (C=O) groups is 1. The van der Waals surface area contributed by atoms with Crippen molar-refractivity contribution in [3.63, 3.8) is 0 Å². The van der Waals surface area contributed by atoms with Crippen molar-refractivity contribution in [2.24, 2.45) is 0 Å². The smallest absolute Gasteiger partial charge is 0.336 e. The fourth-order valence-electron chi connectivity index (χ4n) is 3.72. The molecule has 3 aromatic carbocycles. The highest BCUT2D eigenvalue weighted by molar-refractivity contribution is 5.80. The molecule has 7 nitrogen and oxygen atoms in total. The molecule has 0 aliphatic heterocycles. The number of para-hydroxylation sites is 2. The molecule has 0 saturated heterocycles. The Morgan fingerprint density at radius 3 is 2.64 bits per heavy atom. The number of ether oxygens (including phenoxy) is 1. The number of nitrogens with zero attached hydrogens (tertiary/aromatic N) is 1. The summed E-state index contributed by atoms with van der Waals surface area (Å²) in [5.74, 6) is 0.835. The van der Waals surface area contributed by atoms with Crippen LogP contribution in [0.25, 0.3) is 22.0 Å². The fourth-order valence-corrected chi connectivity index (χ4v) is 3.72. The summed E-state index contributed by atoms with van der Waals surface area (Å²) in [5.41, 5.74) is 2.80. The highest BCUT2D eigenvalue weighted by Gasteiger charge is 2.19. The molecule has 0 unspecified atom stereocenters. The summed E-state index contributed by atoms with van der Waals surface area (Å²) in [5, 5.41) is 3.81. The zero-order chi connectivity index (χ0) is 22.6. The van der Waals surface area contributed by atoms with E-state index in [0.717, 1.165) is 22.0 Å². The lowest BCUT2D eigenvalue weighted by atomic mass is 10.1. The summed E-state index contributed by atoms with van der Waals surface area (Å²) in [4.78, 5) is 32.2. The Kier molecular flexibility index (Phi) is 5.59. The second-order valence-corrected chi connectivity index (χ2v) is 7.69. The standard InChI is InChI=1S/C26H21N3O4/c30-24(16-32-19-12-10-18-11-13-25(31)33-23(18)15-19)27-22(14-17-6-2-1-3-7-17)26-28-20-8-4-5-9-21(20)29-26/h1-13,15,22H,14,16H2,(H,27,30)(H,28,29)/t22-/m0/s1. The number of fused-ring (bicyclic) bond motifs is 2. The quantitative estimate of drug-likeness (QED) is 0.371. The molecule has 164 valence electrons. The number of aromatic nitrogens is 2. The van der Waals surface area contributed by atoms with E-state index in [4.69, 9.17) is 9.15 Å². The van der Waals surface area contributed by atoms with Gasteiger partial charge in [0.2, 0.25) is 0 Å². The molecule has 1 amide bonds. The first-order valence-electron chi connectivity index (χ1n) is 10.6. The van der Waals surface area contributed by atoms with Gasteiger partial charge in [0.05, 0.1) is 17.1 Å². The van der Waals surface area contributed by atoms with E-state index in [1.807, 2.05) is 54.6 Å². The summed E-state index contributed by atoms with van der Waals surface area (Å²) in [6.45, 7) is -0.186. The maximum absolute atomic E-state index is 12.8. The van der Waals surface area contributed by atoms with Gasteiger partial charge in [-0.15, -0.1) is 0 Å². The second kappa shape index (κ2) is 9.00. The van der Waals surface area contributed by atoms with E-state index in [1.165, 1.54) is 6.07 Å². The molecule has 2 aromatic heterocycles. The molecule has 0 bridgehead atoms. The topological polar surface area (TPSA) is 97.2 Å². The average Bonchev–Trinajstić information content (AvgIpc) is 3.27. The van der Waals surface area contributed by atoms with Crippen molar-refractivity contribution in [1.29, 1.82) is 0 Å². The van der Waals surface area contributed by atoms with Crippen molar-refractivity contribution in [3.05, 3.63) is 107 Å². The highest BCUT2D eigenvalue weighted by Crippen LogP contribution is 2.21. The Hall–Kier alpha value is -4.39. The number of amides is 1. The Balaban J connectivity index is 1.32. The predicted octanol–water partition coefficient (Wildman–Crippen LogP) is 4.15. The van der Waals surface area contributed by atoms with Crippen LogP contribution in [0.2, 0.25) is 0 Å². The van der Waals surface area contributed by atoms with E-state index in [2.05, 4.69) is 15.3 Å². The van der Waals surface area contributed by atoms with Crippen LogP contribution in [0.4, 0.5) is 0 Å². The molecule has 2 heterocycles. The molecule has 0 aliphatic rings. The molecule has 2 N–H and O–H groups in total. The van der Waals surface area contributed by atoms with Gasteiger partial charge in [0.25, 0.3) is 5.91 Å². The molecule has 7 heteroatoms. The number of hydrogen-bond acceptors (Lipinski definition) is 5. The third-order valence-electron chi connectivity index (χ3n) is 5.32. The predicted molar refractivity (Wildman–Crippen MR) is 125 cm³/mol. The summed E-state index contributed by atoms with van der Waals surface area (Å²) < 4.78 is 10.8. The van der Waals surface area contributed by atoms with Gasteiger partial charge in [0, 0.05) is 17.5 Å². The molecule has 0 spiro atoms. The number of carbonyl (C=O) groups excluding carboxylic acids is 1. The number of nitrogens with one attached hydrogen (secondary N) is 2. The number of hydrogen-bond donors (Lipinski definition) is 2. The molecule has 1 atom stereocenters. The van der Waals surface area contributed by atoms with Crippen LogP contribution in [0, 0.1) is 0 Å². The van der Waals surface area contributed by atoms with Gasteiger partial charge in [-0.25, -0.2) is 9.78 Å². The van der Waals surface area contributed by atoms with Crippen molar-refractivity contribution >= 4 is 27.9 Å². The van der Waals surface area contributed by atoms with Gasteiger partial charge in [0.15, 0.2) is 6.61 Å². The maximum atomic E-state index is 12.8. The molecular weight excluding hydrogens is 418 g/mol. The lowest BCUT2D eigenvalue weighted by Gasteiger charge is -2.17. The first-order chi connectivity index (χ1) is 16.1. The number of aromatic amines is 1. The SMILES string of the molecule is O=C(COc1ccc2ccc(=O)oc2c1)N[C@@H](Cc1ccccc1)c1nc2ccccc2[nH]1. The second-order valence-electron chi connectivity index (χ2n) is 7.69. The Bertz CT molecular complexity index is 1440. The highest BCUT2D eigenvalue weighted by atomic mass is 16.5. The van der Waals surface area contributed by atoms with Crippen molar-refractivity contribution in [2.75, 3.05) is 6.61 Å². The maximum Gasteiger partial charge on any atom is 0.336 e. The summed E-state index contributed by atoms with van der Waals surface area (Å²) in [6, 6.07) is 25.5. The number of imidazole rings is 1. The first kappa shape index (κ1) is 20.5. The van der Waals surface area contributed by atoms with Gasteiger partial charge in [-0.3, -0.25) is 4.79 Å². The van der Waals surface area contributed by atoms with Crippen molar-refractivity contribution in [3.8, 4) is 5.75 Å². The number of rotatable bonds is 7. The molecule has 5 aromatic rings. The third-order valence-corrected chi connectivity index (χ3v) is 5.32. The van der Waals surface area contributed by atoms with Crippen molar-refractivity contribution in [1.82, 2.24) is 15.3 Å². The zero-order valence-corrected chi connectivity index (χ0v) is 17.7. The lowest BCUT2D eigenvalue weighted by molar-refractivity contribution is -0.123. The zero-order valence-electron chi connectivity index (χ0n) is 17.7. The first-order valence-corrected chi connectivity index (χ1v) is 10.6. The van der Waals surface area contributed by atoms with Gasteiger partial charge < -0.3 is 19.5 Å². The summed E-state index contributed by atoms with van der Waals surface area (Å²) in [7, 11) is 0. The van der Waals surface area contributed by atoms with Gasteiger partial charge in [-0.05, 0) is 42.3 Å². The molecule has 0 radical (unpaired) electrons. The minimum Gasteiger partial charge on any atom is -0.484 e. The average molecular weight is 439 g/mol. The fraction of sp³-hybridized carbons (Fsp3) is 0.115. The van der Waals surface area contributed by atoms with Crippen molar-refractivity contribution in [2.45, 2.75) is 12.5 Å². The van der Waals surface area contributed by atoms with Crippen LogP contribution >= 0.6 is 0 Å². The minimum absolute atomic E-state index is 0.186. The normalized spacial score (nSPS) is 12.0. The molecule has 5 rings (SSSR count). The van der Waals surface area contributed by atoms with E-state index in [0.29, 0.717) is 23.6 Å². The van der Waals surface area contributed by atoms with Crippen LogP contribution in [-0.2, 0) is 11.2 Å².